The molecular weight excluding hydrogens is 399 g/mol. The van der Waals surface area contributed by atoms with Gasteiger partial charge in [-0.15, -0.1) is 6.58 Å². The first-order valence-electron chi connectivity index (χ1n) is 7.62. The molecule has 0 aromatic heterocycles. The van der Waals surface area contributed by atoms with Crippen molar-refractivity contribution in [2.24, 2.45) is 0 Å². The summed E-state index contributed by atoms with van der Waals surface area (Å²) in [6, 6.07) is 4.78. The van der Waals surface area contributed by atoms with Crippen LogP contribution in [-0.2, 0) is 0 Å². The number of nitrogens with one attached hydrogen (secondary N) is 2. The molecule has 2 N–H and O–H groups in total. The van der Waals surface area contributed by atoms with E-state index in [4.69, 9.17) is 23.2 Å². The Bertz CT molecular complexity index is 863. The highest BCUT2D eigenvalue weighted by molar-refractivity contribution is 6.39. The number of halogens is 4. The van der Waals surface area contributed by atoms with Gasteiger partial charge in [0.1, 0.15) is 17.2 Å². The second-order valence-corrected chi connectivity index (χ2v) is 6.28. The molecule has 0 aliphatic heterocycles. The molecule has 0 fully saturated rings. The van der Waals surface area contributed by atoms with Crippen LogP contribution in [0.15, 0.2) is 43.0 Å². The summed E-state index contributed by atoms with van der Waals surface area (Å²) in [5, 5.41) is 4.70. The monoisotopic (exact) mass is 413 g/mol. The molecule has 3 amide bonds. The van der Waals surface area contributed by atoms with Gasteiger partial charge >= 0.3 is 6.03 Å². The van der Waals surface area contributed by atoms with Crippen molar-refractivity contribution in [3.8, 4) is 0 Å². The van der Waals surface area contributed by atoms with Crippen LogP contribution < -0.4 is 15.5 Å². The lowest BCUT2D eigenvalue weighted by Gasteiger charge is -2.21. The number of amides is 3. The van der Waals surface area contributed by atoms with Crippen LogP contribution in [0.1, 0.15) is 10.4 Å². The molecule has 2 aromatic rings. The molecule has 2 rings (SSSR count). The third-order valence-corrected chi connectivity index (χ3v) is 4.05. The van der Waals surface area contributed by atoms with Crippen molar-refractivity contribution in [3.63, 3.8) is 0 Å². The second-order valence-electron chi connectivity index (χ2n) is 5.46. The average Bonchev–Trinajstić information content (AvgIpc) is 2.53. The first kappa shape index (κ1) is 20.7. The number of hydrogen-bond acceptors (Lipinski definition) is 3. The highest BCUT2D eigenvalue weighted by atomic mass is 35.5. The van der Waals surface area contributed by atoms with E-state index < -0.39 is 29.1 Å². The van der Waals surface area contributed by atoms with Crippen molar-refractivity contribution < 1.29 is 18.4 Å². The maximum atomic E-state index is 13.6. The van der Waals surface area contributed by atoms with Gasteiger partial charge in [-0.25, -0.2) is 13.6 Å². The summed E-state index contributed by atoms with van der Waals surface area (Å²) < 4.78 is 27.2. The molecule has 0 saturated carbocycles. The van der Waals surface area contributed by atoms with Crippen LogP contribution >= 0.6 is 23.2 Å². The summed E-state index contributed by atoms with van der Waals surface area (Å²) in [7, 11) is 1.76. The molecule has 0 saturated heterocycles. The van der Waals surface area contributed by atoms with Gasteiger partial charge in [-0.1, -0.05) is 35.3 Å². The van der Waals surface area contributed by atoms with E-state index in [1.54, 1.807) is 18.0 Å². The van der Waals surface area contributed by atoms with E-state index in [2.05, 4.69) is 11.9 Å². The number of carbonyl (C=O) groups excluding carboxylic acids is 2. The summed E-state index contributed by atoms with van der Waals surface area (Å²) >= 11 is 12.4. The summed E-state index contributed by atoms with van der Waals surface area (Å²) in [4.78, 5) is 25.6. The summed E-state index contributed by atoms with van der Waals surface area (Å²) in [5.74, 6) is -3.38. The number of urea groups is 1. The number of rotatable bonds is 5. The van der Waals surface area contributed by atoms with Gasteiger partial charge in [0.15, 0.2) is 0 Å². The number of benzene rings is 2. The van der Waals surface area contributed by atoms with E-state index in [-0.39, 0.29) is 15.7 Å². The minimum absolute atomic E-state index is 0.194. The smallest absolute Gasteiger partial charge is 0.326 e. The Hall–Kier alpha value is -2.64. The molecule has 0 aliphatic rings. The minimum Gasteiger partial charge on any atom is -0.368 e. The van der Waals surface area contributed by atoms with Gasteiger partial charge in [0.25, 0.3) is 5.91 Å². The lowest BCUT2D eigenvalue weighted by atomic mass is 10.2. The highest BCUT2D eigenvalue weighted by Gasteiger charge is 2.20. The molecule has 0 heterocycles. The molecule has 142 valence electrons. The molecule has 0 unspecified atom stereocenters. The van der Waals surface area contributed by atoms with Gasteiger partial charge in [0, 0.05) is 19.3 Å². The first-order chi connectivity index (χ1) is 12.7. The Morgan fingerprint density at radius 3 is 2.26 bits per heavy atom. The van der Waals surface area contributed by atoms with Gasteiger partial charge in [-0.2, -0.15) is 0 Å². The van der Waals surface area contributed by atoms with Gasteiger partial charge in [0.05, 0.1) is 15.7 Å². The molecule has 2 aromatic carbocycles. The minimum atomic E-state index is -1.22. The molecule has 0 atom stereocenters. The van der Waals surface area contributed by atoms with Crippen molar-refractivity contribution in [1.82, 2.24) is 5.32 Å². The van der Waals surface area contributed by atoms with Crippen LogP contribution in [0.4, 0.5) is 25.0 Å². The number of hydrogen-bond donors (Lipinski definition) is 2. The van der Waals surface area contributed by atoms with E-state index in [0.717, 1.165) is 18.2 Å². The van der Waals surface area contributed by atoms with E-state index >= 15 is 0 Å². The molecule has 0 spiro atoms. The van der Waals surface area contributed by atoms with Crippen LogP contribution in [0.2, 0.25) is 10.0 Å². The van der Waals surface area contributed by atoms with Gasteiger partial charge < -0.3 is 10.2 Å². The van der Waals surface area contributed by atoms with E-state index in [0.29, 0.717) is 12.2 Å². The Labute approximate surface area is 164 Å². The van der Waals surface area contributed by atoms with Gasteiger partial charge in [0.2, 0.25) is 0 Å². The van der Waals surface area contributed by atoms with Crippen LogP contribution in [-0.4, -0.2) is 25.5 Å². The van der Waals surface area contributed by atoms with Gasteiger partial charge in [-0.3, -0.25) is 10.1 Å². The predicted molar refractivity (Wildman–Crippen MR) is 103 cm³/mol. The third kappa shape index (κ3) is 4.96. The highest BCUT2D eigenvalue weighted by Crippen LogP contribution is 2.36. The Morgan fingerprint density at radius 1 is 1.19 bits per heavy atom. The number of carbonyl (C=O) groups is 2. The van der Waals surface area contributed by atoms with Crippen molar-refractivity contribution in [2.45, 2.75) is 0 Å². The van der Waals surface area contributed by atoms with Crippen molar-refractivity contribution in [3.05, 3.63) is 70.2 Å². The molecule has 5 nitrogen and oxygen atoms in total. The zero-order valence-corrected chi connectivity index (χ0v) is 15.7. The zero-order chi connectivity index (χ0) is 20.1. The molecule has 27 heavy (non-hydrogen) atoms. The summed E-state index contributed by atoms with van der Waals surface area (Å²) in [6.07, 6.45) is 1.67. The topological polar surface area (TPSA) is 61.4 Å². The van der Waals surface area contributed by atoms with E-state index in [1.165, 1.54) is 12.1 Å². The molecule has 0 aliphatic carbocycles. The average molecular weight is 414 g/mol. The number of imide groups is 1. The molecular formula is C18H15Cl2F2N3O2. The fourth-order valence-electron chi connectivity index (χ4n) is 2.33. The number of anilines is 2. The van der Waals surface area contributed by atoms with Gasteiger partial charge in [-0.05, 0) is 24.3 Å². The molecule has 0 radical (unpaired) electrons. The maximum absolute atomic E-state index is 13.6. The number of nitrogens with zero attached hydrogens (tertiary/aromatic N) is 1. The third-order valence-electron chi connectivity index (χ3n) is 3.48. The number of likely N-dealkylation sites (N-methyl/N-ethyl adjacent to an activating group) is 1. The van der Waals surface area contributed by atoms with Crippen molar-refractivity contribution >= 4 is 46.5 Å². The first-order valence-corrected chi connectivity index (χ1v) is 8.37. The second kappa shape index (κ2) is 8.83. The fraction of sp³-hybridized carbons (Fsp3) is 0.111. The summed E-state index contributed by atoms with van der Waals surface area (Å²) in [6.45, 7) is 4.12. The summed E-state index contributed by atoms with van der Waals surface area (Å²) in [5.41, 5.74) is -0.126. The van der Waals surface area contributed by atoms with Crippen molar-refractivity contribution in [2.75, 3.05) is 23.8 Å². The standard InChI is InChI=1S/C18H15Cl2F2N3O2/c1-3-7-25(2)16-11(19)8-10(9-12(16)20)23-18(27)24-17(26)15-13(21)5-4-6-14(15)22/h3-6,8-9H,1,7H2,2H3,(H2,23,24,26,27). The maximum Gasteiger partial charge on any atom is 0.326 e. The Morgan fingerprint density at radius 2 is 1.74 bits per heavy atom. The molecule has 0 bridgehead atoms. The van der Waals surface area contributed by atoms with Crippen LogP contribution in [0.25, 0.3) is 0 Å². The lowest BCUT2D eigenvalue weighted by molar-refractivity contribution is 0.0959. The zero-order valence-electron chi connectivity index (χ0n) is 14.2. The normalized spacial score (nSPS) is 10.3. The quantitative estimate of drug-likeness (QED) is 0.688. The van der Waals surface area contributed by atoms with Crippen LogP contribution in [0, 0.1) is 11.6 Å². The van der Waals surface area contributed by atoms with Crippen LogP contribution in [0.5, 0.6) is 0 Å². The van der Waals surface area contributed by atoms with E-state index in [9.17, 15) is 18.4 Å². The largest absolute Gasteiger partial charge is 0.368 e. The molecule has 9 heteroatoms. The predicted octanol–water partition coefficient (Wildman–Crippen LogP) is 4.86. The Kier molecular flexibility index (Phi) is 6.76. The Balaban J connectivity index is 2.14. The SMILES string of the molecule is C=CCN(C)c1c(Cl)cc(NC(=O)NC(=O)c2c(F)cccc2F)cc1Cl. The van der Waals surface area contributed by atoms with Crippen molar-refractivity contribution in [1.29, 1.82) is 0 Å². The van der Waals surface area contributed by atoms with Crippen LogP contribution in [0.3, 0.4) is 0 Å². The van der Waals surface area contributed by atoms with E-state index in [1.807, 2.05) is 5.32 Å². The fourth-order valence-corrected chi connectivity index (χ4v) is 3.11. The lowest BCUT2D eigenvalue weighted by Crippen LogP contribution is -2.35.